The molecule has 0 radical (unpaired) electrons. The summed E-state index contributed by atoms with van der Waals surface area (Å²) < 4.78 is 0. The fourth-order valence-corrected chi connectivity index (χ4v) is 3.25. The van der Waals surface area contributed by atoms with Crippen LogP contribution in [-0.2, 0) is 9.59 Å². The molecule has 130 valence electrons. The number of nitrogens with one attached hydrogen (secondary N) is 2. The van der Waals surface area contributed by atoms with Crippen LogP contribution in [0.15, 0.2) is 18.2 Å². The first-order valence-electron chi connectivity index (χ1n) is 8.39. The zero-order valence-corrected chi connectivity index (χ0v) is 14.2. The Balaban J connectivity index is 1.69. The van der Waals surface area contributed by atoms with Crippen molar-refractivity contribution in [2.24, 2.45) is 0 Å². The Morgan fingerprint density at radius 1 is 1.12 bits per heavy atom. The number of benzene rings is 1. The van der Waals surface area contributed by atoms with Gasteiger partial charge in [0, 0.05) is 18.1 Å². The monoisotopic (exact) mass is 351 g/mol. The smallest absolute Gasteiger partial charge is 0.313 e. The van der Waals surface area contributed by atoms with Crippen molar-refractivity contribution >= 4 is 34.8 Å². The fraction of sp³-hybridized carbons (Fsp3) is 0.529. The van der Waals surface area contributed by atoms with Gasteiger partial charge in [0.2, 0.25) is 0 Å². The largest absolute Gasteiger partial charge is 0.391 e. The van der Waals surface area contributed by atoms with Crippen molar-refractivity contribution in [1.82, 2.24) is 5.32 Å². The van der Waals surface area contributed by atoms with Gasteiger partial charge in [0.15, 0.2) is 0 Å². The summed E-state index contributed by atoms with van der Waals surface area (Å²) in [7, 11) is 0. The van der Waals surface area contributed by atoms with Crippen LogP contribution in [0.1, 0.15) is 32.1 Å². The predicted molar refractivity (Wildman–Crippen MR) is 93.3 cm³/mol. The molecular weight excluding hydrogens is 330 g/mol. The number of rotatable bonds is 3. The highest BCUT2D eigenvalue weighted by Gasteiger charge is 2.32. The number of aliphatic hydroxyl groups is 1. The highest BCUT2D eigenvalue weighted by molar-refractivity contribution is 6.40. The topological polar surface area (TPSA) is 81.7 Å². The molecule has 1 heterocycles. The summed E-state index contributed by atoms with van der Waals surface area (Å²) in [5.74, 6) is -1.47. The molecule has 0 unspecified atom stereocenters. The summed E-state index contributed by atoms with van der Waals surface area (Å²) >= 11 is 6.05. The number of amides is 2. The van der Waals surface area contributed by atoms with Gasteiger partial charge < -0.3 is 20.6 Å². The summed E-state index contributed by atoms with van der Waals surface area (Å²) in [5.41, 5.74) is 1.42. The van der Waals surface area contributed by atoms with E-state index in [9.17, 15) is 14.7 Å². The Labute approximate surface area is 146 Å². The number of halogens is 1. The van der Waals surface area contributed by atoms with E-state index < -0.39 is 17.9 Å². The van der Waals surface area contributed by atoms with Crippen molar-refractivity contribution in [3.05, 3.63) is 23.2 Å². The number of carbonyl (C=O) groups excluding carboxylic acids is 2. The van der Waals surface area contributed by atoms with E-state index in [4.69, 9.17) is 11.6 Å². The van der Waals surface area contributed by atoms with E-state index in [2.05, 4.69) is 15.5 Å². The lowest BCUT2D eigenvalue weighted by molar-refractivity contribution is -0.137. The van der Waals surface area contributed by atoms with Gasteiger partial charge in [-0.25, -0.2) is 0 Å². The van der Waals surface area contributed by atoms with Gasteiger partial charge in [-0.2, -0.15) is 0 Å². The molecule has 0 bridgehead atoms. The molecule has 1 aromatic rings. The number of hydrogen-bond acceptors (Lipinski definition) is 4. The summed E-state index contributed by atoms with van der Waals surface area (Å²) in [4.78, 5) is 26.4. The zero-order valence-electron chi connectivity index (χ0n) is 13.4. The number of nitrogens with zero attached hydrogens (tertiary/aromatic N) is 1. The van der Waals surface area contributed by atoms with Crippen molar-refractivity contribution in [3.63, 3.8) is 0 Å². The summed E-state index contributed by atoms with van der Waals surface area (Å²) in [5, 5.41) is 15.2. The highest BCUT2D eigenvalue weighted by Crippen LogP contribution is 2.31. The van der Waals surface area contributed by atoms with Gasteiger partial charge in [0.1, 0.15) is 0 Å². The first kappa shape index (κ1) is 17.0. The van der Waals surface area contributed by atoms with Gasteiger partial charge in [-0.3, -0.25) is 9.59 Å². The van der Waals surface area contributed by atoms with Gasteiger partial charge in [0.25, 0.3) is 0 Å². The third-order valence-electron chi connectivity index (χ3n) is 4.66. The second-order valence-electron chi connectivity index (χ2n) is 6.39. The number of piperidine rings is 1. The van der Waals surface area contributed by atoms with E-state index in [0.29, 0.717) is 23.6 Å². The first-order chi connectivity index (χ1) is 11.5. The van der Waals surface area contributed by atoms with E-state index in [1.165, 1.54) is 6.42 Å². The molecule has 1 saturated heterocycles. The molecule has 24 heavy (non-hydrogen) atoms. The summed E-state index contributed by atoms with van der Waals surface area (Å²) in [6.07, 6.45) is 4.21. The van der Waals surface area contributed by atoms with E-state index in [-0.39, 0.29) is 6.04 Å². The quantitative estimate of drug-likeness (QED) is 0.726. The molecule has 2 atom stereocenters. The Bertz CT molecular complexity index is 632. The van der Waals surface area contributed by atoms with Crippen LogP contribution in [-0.4, -0.2) is 42.2 Å². The van der Waals surface area contributed by atoms with Crippen LogP contribution in [0.4, 0.5) is 11.4 Å². The van der Waals surface area contributed by atoms with Gasteiger partial charge in [-0.15, -0.1) is 0 Å². The molecule has 3 rings (SSSR count). The fourth-order valence-electron chi connectivity index (χ4n) is 3.08. The molecule has 3 N–H and O–H groups in total. The van der Waals surface area contributed by atoms with Gasteiger partial charge >= 0.3 is 11.8 Å². The standard InChI is InChI=1S/C17H22ClN3O3/c18-11-4-6-14(21-8-2-1-3-9-21)13(10-11)20-17(24)16(23)19-12-5-7-15(12)22/h4,6,10,12,15,22H,1-3,5,7-9H2,(H,19,23)(H,20,24)/t12-,15-/m1/s1. The number of hydrogen-bond donors (Lipinski definition) is 3. The molecule has 2 aliphatic rings. The molecule has 2 amide bonds. The second-order valence-corrected chi connectivity index (χ2v) is 6.82. The molecule has 1 aliphatic heterocycles. The maximum absolute atomic E-state index is 12.2. The van der Waals surface area contributed by atoms with E-state index >= 15 is 0 Å². The van der Waals surface area contributed by atoms with Crippen LogP contribution in [0.2, 0.25) is 5.02 Å². The molecular formula is C17H22ClN3O3. The lowest BCUT2D eigenvalue weighted by atomic mass is 9.89. The maximum Gasteiger partial charge on any atom is 0.313 e. The van der Waals surface area contributed by atoms with Crippen molar-refractivity contribution in [2.75, 3.05) is 23.3 Å². The Morgan fingerprint density at radius 2 is 1.88 bits per heavy atom. The Morgan fingerprint density at radius 3 is 2.50 bits per heavy atom. The van der Waals surface area contributed by atoms with Crippen LogP contribution in [0.3, 0.4) is 0 Å². The van der Waals surface area contributed by atoms with E-state index in [1.807, 2.05) is 6.07 Å². The molecule has 1 aliphatic carbocycles. The summed E-state index contributed by atoms with van der Waals surface area (Å²) in [6, 6.07) is 4.99. The van der Waals surface area contributed by atoms with Gasteiger partial charge in [-0.05, 0) is 50.3 Å². The number of aliphatic hydroxyl groups excluding tert-OH is 1. The predicted octanol–water partition coefficient (Wildman–Crippen LogP) is 1.91. The minimum atomic E-state index is -0.741. The first-order valence-corrected chi connectivity index (χ1v) is 8.77. The molecule has 2 fully saturated rings. The van der Waals surface area contributed by atoms with Crippen LogP contribution in [0.25, 0.3) is 0 Å². The Kier molecular flexibility index (Phi) is 5.26. The average molecular weight is 352 g/mol. The van der Waals surface area contributed by atoms with Crippen LogP contribution in [0.5, 0.6) is 0 Å². The Hall–Kier alpha value is -1.79. The van der Waals surface area contributed by atoms with Crippen LogP contribution < -0.4 is 15.5 Å². The normalized spacial score (nSPS) is 23.3. The van der Waals surface area contributed by atoms with E-state index in [1.54, 1.807) is 12.1 Å². The average Bonchev–Trinajstić information content (AvgIpc) is 2.59. The maximum atomic E-state index is 12.2. The molecule has 7 heteroatoms. The van der Waals surface area contributed by atoms with Crippen molar-refractivity contribution in [3.8, 4) is 0 Å². The second kappa shape index (κ2) is 7.40. The summed E-state index contributed by atoms with van der Waals surface area (Å²) in [6.45, 7) is 1.84. The molecule has 1 aromatic carbocycles. The van der Waals surface area contributed by atoms with Gasteiger partial charge in [0.05, 0.1) is 23.5 Å². The molecule has 0 spiro atoms. The van der Waals surface area contributed by atoms with Crippen molar-refractivity contribution in [2.45, 2.75) is 44.2 Å². The molecule has 0 aromatic heterocycles. The van der Waals surface area contributed by atoms with Crippen LogP contribution in [0, 0.1) is 0 Å². The molecule has 6 nitrogen and oxygen atoms in total. The highest BCUT2D eigenvalue weighted by atomic mass is 35.5. The third-order valence-corrected chi connectivity index (χ3v) is 4.90. The lowest BCUT2D eigenvalue weighted by Crippen LogP contribution is -2.52. The molecule has 1 saturated carbocycles. The lowest BCUT2D eigenvalue weighted by Gasteiger charge is -2.33. The zero-order chi connectivity index (χ0) is 17.1. The third kappa shape index (κ3) is 3.82. The minimum Gasteiger partial charge on any atom is -0.391 e. The van der Waals surface area contributed by atoms with E-state index in [0.717, 1.165) is 31.6 Å². The number of carbonyl (C=O) groups is 2. The van der Waals surface area contributed by atoms with Crippen molar-refractivity contribution in [1.29, 1.82) is 0 Å². The SMILES string of the molecule is O=C(Nc1cc(Cl)ccc1N1CCCCC1)C(=O)N[C@@H]1CC[C@H]1O. The van der Waals surface area contributed by atoms with Crippen molar-refractivity contribution < 1.29 is 14.7 Å². The van der Waals surface area contributed by atoms with Crippen LogP contribution >= 0.6 is 11.6 Å². The number of anilines is 2. The van der Waals surface area contributed by atoms with Gasteiger partial charge in [-0.1, -0.05) is 11.6 Å². The minimum absolute atomic E-state index is 0.329.